The predicted octanol–water partition coefficient (Wildman–Crippen LogP) is -0.900. The molecule has 0 fully saturated rings. The molecule has 0 amide bonds. The molecule has 7 heteroatoms. The fourth-order valence-corrected chi connectivity index (χ4v) is 0.967. The number of hydrogen-bond acceptors (Lipinski definition) is 2. The molecule has 60 valence electrons. The van der Waals surface area contributed by atoms with Gasteiger partial charge in [-0.2, -0.15) is 0 Å². The molecule has 0 radical (unpaired) electrons. The van der Waals surface area contributed by atoms with Crippen molar-refractivity contribution in [2.75, 3.05) is 0 Å². The van der Waals surface area contributed by atoms with E-state index in [2.05, 4.69) is 10.8 Å². The lowest BCUT2D eigenvalue weighted by Gasteiger charge is -2.00. The van der Waals surface area contributed by atoms with Crippen LogP contribution in [0.1, 0.15) is 0 Å². The second kappa shape index (κ2) is 3.90. The van der Waals surface area contributed by atoms with Gasteiger partial charge < -0.3 is 18.9 Å². The molecular formula is C3H7O5PS. The van der Waals surface area contributed by atoms with Gasteiger partial charge in [0, 0.05) is 6.08 Å². The van der Waals surface area contributed by atoms with Crippen molar-refractivity contribution in [3.8, 4) is 0 Å². The van der Waals surface area contributed by atoms with Crippen LogP contribution in [0, 0.1) is 0 Å². The predicted molar refractivity (Wildman–Crippen MR) is 38.6 cm³/mol. The van der Waals surface area contributed by atoms with Crippen molar-refractivity contribution in [1.29, 1.82) is 0 Å². The molecule has 0 aromatic heterocycles. The first-order valence-electron chi connectivity index (χ1n) is 2.09. The van der Waals surface area contributed by atoms with Crippen LogP contribution in [0.25, 0.3) is 0 Å². The Morgan fingerprint density at radius 3 is 2.40 bits per heavy atom. The second-order valence-corrected chi connectivity index (χ2v) is 4.75. The van der Waals surface area contributed by atoms with Gasteiger partial charge in [0.05, 0.1) is 11.2 Å². The monoisotopic (exact) mass is 186 g/mol. The van der Waals surface area contributed by atoms with E-state index in [1.807, 2.05) is 0 Å². The van der Waals surface area contributed by atoms with Crippen LogP contribution < -0.4 is 0 Å². The van der Waals surface area contributed by atoms with Crippen LogP contribution >= 0.6 is 6.72 Å². The Kier molecular flexibility index (Phi) is 3.85. The third-order valence-electron chi connectivity index (χ3n) is 0.407. The van der Waals surface area contributed by atoms with Crippen molar-refractivity contribution in [2.45, 2.75) is 0 Å². The fourth-order valence-electron chi connectivity index (χ4n) is 0.132. The standard InChI is InChI=1S/C3H7O5PS/c1-2-3(4)8-10-9(5,6)7/h2,5-7,10H,1H2. The Balaban J connectivity index is 3.97. The van der Waals surface area contributed by atoms with E-state index in [1.165, 1.54) is 0 Å². The van der Waals surface area contributed by atoms with E-state index in [9.17, 15) is 4.79 Å². The highest BCUT2D eigenvalue weighted by atomic mass is 32.5. The van der Waals surface area contributed by atoms with Crippen molar-refractivity contribution in [2.24, 2.45) is 0 Å². The first-order chi connectivity index (χ1) is 4.45. The molecule has 5 nitrogen and oxygen atoms in total. The number of hydrogen-bond donors (Lipinski definition) is 4. The summed E-state index contributed by atoms with van der Waals surface area (Å²) in [5.74, 6) is -0.816. The van der Waals surface area contributed by atoms with Gasteiger partial charge >= 0.3 is 12.7 Å². The average molecular weight is 186 g/mol. The molecule has 0 aliphatic heterocycles. The van der Waals surface area contributed by atoms with Crippen LogP contribution in [0.3, 0.4) is 0 Å². The first-order valence-corrected chi connectivity index (χ1v) is 5.25. The zero-order valence-corrected chi connectivity index (χ0v) is 6.63. The third-order valence-corrected chi connectivity index (χ3v) is 1.79. The highest BCUT2D eigenvalue weighted by molar-refractivity contribution is 8.14. The summed E-state index contributed by atoms with van der Waals surface area (Å²) in [5, 5.41) is 0. The summed E-state index contributed by atoms with van der Waals surface area (Å²) >= 11 is -0.546. The lowest BCUT2D eigenvalue weighted by molar-refractivity contribution is -0.127. The molecule has 3 N–H and O–H groups in total. The highest BCUT2D eigenvalue weighted by Gasteiger charge is 2.02. The molecule has 0 aliphatic carbocycles. The maximum Gasteiger partial charge on any atom is 0.341 e. The van der Waals surface area contributed by atoms with Gasteiger partial charge in [0.15, 0.2) is 0 Å². The van der Waals surface area contributed by atoms with Crippen LogP contribution in [0.15, 0.2) is 12.7 Å². The molecule has 10 heavy (non-hydrogen) atoms. The topological polar surface area (TPSA) is 87.0 Å². The van der Waals surface area contributed by atoms with E-state index in [0.29, 0.717) is 0 Å². The Bertz CT molecular complexity index is 185. The minimum Gasteiger partial charge on any atom is -0.394 e. The third kappa shape index (κ3) is 6.00. The van der Waals surface area contributed by atoms with E-state index in [1.54, 1.807) is 0 Å². The van der Waals surface area contributed by atoms with E-state index < -0.39 is 23.9 Å². The lowest BCUT2D eigenvalue weighted by atomic mass is 10.7. The zero-order chi connectivity index (χ0) is 8.20. The Hall–Kier alpha value is -0.130. The van der Waals surface area contributed by atoms with Crippen molar-refractivity contribution in [1.82, 2.24) is 0 Å². The molecule has 0 saturated carbocycles. The van der Waals surface area contributed by atoms with Gasteiger partial charge in [-0.15, -0.1) is 0 Å². The summed E-state index contributed by atoms with van der Waals surface area (Å²) < 4.78 is 4.07. The Morgan fingerprint density at radius 2 is 2.10 bits per heavy atom. The number of carbonyl (C=O) groups excluding carboxylic acids is 1. The summed E-state index contributed by atoms with van der Waals surface area (Å²) in [6.45, 7) is -0.952. The maximum absolute atomic E-state index is 10.2. The largest absolute Gasteiger partial charge is 0.394 e. The molecule has 0 aromatic carbocycles. The molecule has 0 bridgehead atoms. The van der Waals surface area contributed by atoms with Crippen LogP contribution in [0.2, 0.25) is 0 Å². The minimum atomic E-state index is -4.00. The van der Waals surface area contributed by atoms with Crippen LogP contribution in [0.5, 0.6) is 0 Å². The smallest absolute Gasteiger partial charge is 0.341 e. The van der Waals surface area contributed by atoms with Crippen molar-refractivity contribution in [3.63, 3.8) is 0 Å². The van der Waals surface area contributed by atoms with E-state index in [0.717, 1.165) is 6.08 Å². The molecule has 0 saturated heterocycles. The first kappa shape index (κ1) is 9.87. The Labute approximate surface area is 61.0 Å². The average Bonchev–Trinajstić information content (AvgIpc) is 1.81. The summed E-state index contributed by atoms with van der Waals surface area (Å²) in [7, 11) is 0. The number of carbonyl (C=O) groups is 1. The summed E-state index contributed by atoms with van der Waals surface area (Å²) in [6, 6.07) is 0. The Morgan fingerprint density at radius 1 is 1.60 bits per heavy atom. The van der Waals surface area contributed by atoms with Gasteiger partial charge in [-0.1, -0.05) is 6.58 Å². The van der Waals surface area contributed by atoms with E-state index >= 15 is 0 Å². The van der Waals surface area contributed by atoms with Crippen molar-refractivity contribution >= 4 is 23.9 Å². The van der Waals surface area contributed by atoms with Crippen LogP contribution in [-0.2, 0) is 20.2 Å². The van der Waals surface area contributed by atoms with E-state index in [4.69, 9.17) is 14.7 Å². The van der Waals surface area contributed by atoms with Crippen LogP contribution in [0.4, 0.5) is 0 Å². The van der Waals surface area contributed by atoms with E-state index in [-0.39, 0.29) is 0 Å². The molecule has 0 rings (SSSR count). The molecule has 0 aromatic rings. The zero-order valence-electron chi connectivity index (χ0n) is 4.84. The SMILES string of the molecule is C=CC(=O)O[SH]=P(O)(O)O. The quantitative estimate of drug-likeness (QED) is 0.255. The molecule has 0 aliphatic rings. The van der Waals surface area contributed by atoms with Gasteiger partial charge in [-0.25, -0.2) is 4.79 Å². The number of thiol groups is 1. The molecular weight excluding hydrogens is 179 g/mol. The van der Waals surface area contributed by atoms with Crippen LogP contribution in [-0.4, -0.2) is 20.6 Å². The lowest BCUT2D eigenvalue weighted by Crippen LogP contribution is -1.94. The number of rotatable bonds is 2. The van der Waals surface area contributed by atoms with Crippen molar-refractivity contribution < 1.29 is 23.7 Å². The maximum atomic E-state index is 10.2. The molecule has 0 unspecified atom stereocenters. The van der Waals surface area contributed by atoms with Gasteiger partial charge in [0.25, 0.3) is 0 Å². The second-order valence-electron chi connectivity index (χ2n) is 1.23. The molecule has 0 spiro atoms. The van der Waals surface area contributed by atoms with Gasteiger partial charge in [0.2, 0.25) is 0 Å². The van der Waals surface area contributed by atoms with Gasteiger partial charge in [-0.3, -0.25) is 0 Å². The summed E-state index contributed by atoms with van der Waals surface area (Å²) in [4.78, 5) is 35.0. The normalized spacial score (nSPS) is 10.7. The van der Waals surface area contributed by atoms with Gasteiger partial charge in [-0.05, 0) is 0 Å². The summed E-state index contributed by atoms with van der Waals surface area (Å²) in [5.41, 5.74) is 0. The minimum absolute atomic E-state index is 0.546. The van der Waals surface area contributed by atoms with Crippen molar-refractivity contribution in [3.05, 3.63) is 12.7 Å². The summed E-state index contributed by atoms with van der Waals surface area (Å²) in [6.07, 6.45) is 0.850. The van der Waals surface area contributed by atoms with Gasteiger partial charge in [0.1, 0.15) is 0 Å². The molecule has 0 atom stereocenters. The molecule has 0 heterocycles. The fraction of sp³-hybridized carbons (Fsp3) is 0. The highest BCUT2D eigenvalue weighted by Crippen LogP contribution is 2.31.